The largest absolute Gasteiger partial charge is 0.310 e. The van der Waals surface area contributed by atoms with Crippen molar-refractivity contribution in [2.75, 3.05) is 4.90 Å². The molecule has 264 valence electrons. The summed E-state index contributed by atoms with van der Waals surface area (Å²) in [5.41, 5.74) is 17.7. The molecule has 0 saturated carbocycles. The average Bonchev–Trinajstić information content (AvgIpc) is 3.59. The van der Waals surface area contributed by atoms with Crippen molar-refractivity contribution in [1.82, 2.24) is 0 Å². The van der Waals surface area contributed by atoms with Crippen molar-refractivity contribution in [3.05, 3.63) is 259 Å². The van der Waals surface area contributed by atoms with Gasteiger partial charge in [0, 0.05) is 16.9 Å². The smallest absolute Gasteiger partial charge is 0.0714 e. The number of hydrogen-bond acceptors (Lipinski definition) is 1. The van der Waals surface area contributed by atoms with Gasteiger partial charge < -0.3 is 4.90 Å². The molecule has 0 fully saturated rings. The van der Waals surface area contributed by atoms with E-state index >= 15 is 0 Å². The summed E-state index contributed by atoms with van der Waals surface area (Å²) < 4.78 is 0. The lowest BCUT2D eigenvalue weighted by Crippen LogP contribution is -2.28. The van der Waals surface area contributed by atoms with Crippen molar-refractivity contribution in [2.24, 2.45) is 0 Å². The quantitative estimate of drug-likeness (QED) is 0.152. The minimum Gasteiger partial charge on any atom is -0.310 e. The number of fused-ring (bicyclic) bond motifs is 3. The molecule has 0 spiro atoms. The van der Waals surface area contributed by atoms with E-state index in [-0.39, 0.29) is 0 Å². The fourth-order valence-electron chi connectivity index (χ4n) is 8.86. The maximum Gasteiger partial charge on any atom is 0.0714 e. The fraction of sp³-hybridized carbons (Fsp3) is 0.0182. The van der Waals surface area contributed by atoms with Crippen LogP contribution in [-0.2, 0) is 5.41 Å². The first kappa shape index (κ1) is 33.4. The standard InChI is InChI=1S/C55H39N/c1-4-18-40(19-5-1)43-22-16-23-44(38-43)41-34-36-47(37-35-41)56(54-33-15-12-28-49(54)42-20-6-2-7-21-42)48-27-17-26-46(39-48)55(45-24-8-3-9-25-45)52-31-13-10-29-50(52)51-30-11-14-32-53(51)55/h1-39H. The summed E-state index contributed by atoms with van der Waals surface area (Å²) in [5.74, 6) is 0. The number of hydrogen-bond donors (Lipinski definition) is 0. The Balaban J connectivity index is 1.16. The first-order valence-corrected chi connectivity index (χ1v) is 19.3. The van der Waals surface area contributed by atoms with E-state index < -0.39 is 5.41 Å². The van der Waals surface area contributed by atoms with Crippen LogP contribution < -0.4 is 4.90 Å². The number of anilines is 3. The Kier molecular flexibility index (Phi) is 8.46. The first-order valence-electron chi connectivity index (χ1n) is 19.3. The zero-order valence-electron chi connectivity index (χ0n) is 31.0. The maximum atomic E-state index is 2.43. The SMILES string of the molecule is c1ccc(-c2cccc(-c3ccc(N(c4cccc(C5(c6ccccc6)c6ccccc6-c6ccccc65)c4)c4ccccc4-c4ccccc4)cc3)c2)cc1. The third-order valence-corrected chi connectivity index (χ3v) is 11.4. The zero-order chi connectivity index (χ0) is 37.3. The van der Waals surface area contributed by atoms with Gasteiger partial charge in [-0.2, -0.15) is 0 Å². The minimum atomic E-state index is -0.497. The average molecular weight is 714 g/mol. The third kappa shape index (κ3) is 5.65. The van der Waals surface area contributed by atoms with Gasteiger partial charge in [0.2, 0.25) is 0 Å². The van der Waals surface area contributed by atoms with Gasteiger partial charge in [0.15, 0.2) is 0 Å². The summed E-state index contributed by atoms with van der Waals surface area (Å²) in [7, 11) is 0. The molecule has 0 bridgehead atoms. The Labute approximate surface area is 329 Å². The second-order valence-corrected chi connectivity index (χ2v) is 14.5. The van der Waals surface area contributed by atoms with E-state index in [0.717, 1.165) is 17.1 Å². The van der Waals surface area contributed by atoms with Crippen LogP contribution in [0.4, 0.5) is 17.1 Å². The molecule has 0 saturated heterocycles. The minimum absolute atomic E-state index is 0.497. The van der Waals surface area contributed by atoms with Crippen LogP contribution in [0.3, 0.4) is 0 Å². The van der Waals surface area contributed by atoms with Gasteiger partial charge in [-0.05, 0) is 97.6 Å². The molecule has 1 heteroatoms. The Bertz CT molecular complexity index is 2740. The lowest BCUT2D eigenvalue weighted by Gasteiger charge is -2.35. The second-order valence-electron chi connectivity index (χ2n) is 14.5. The highest BCUT2D eigenvalue weighted by Crippen LogP contribution is 2.56. The second kappa shape index (κ2) is 14.2. The van der Waals surface area contributed by atoms with E-state index in [1.165, 1.54) is 66.8 Å². The molecule has 0 radical (unpaired) electrons. The van der Waals surface area contributed by atoms with Gasteiger partial charge in [0.1, 0.15) is 0 Å². The van der Waals surface area contributed by atoms with E-state index in [2.05, 4.69) is 241 Å². The van der Waals surface area contributed by atoms with Crippen molar-refractivity contribution in [1.29, 1.82) is 0 Å². The van der Waals surface area contributed by atoms with Crippen molar-refractivity contribution < 1.29 is 0 Å². The normalized spacial score (nSPS) is 12.4. The van der Waals surface area contributed by atoms with E-state index in [0.29, 0.717) is 0 Å². The van der Waals surface area contributed by atoms with Crippen LogP contribution in [0.15, 0.2) is 237 Å². The van der Waals surface area contributed by atoms with E-state index in [9.17, 15) is 0 Å². The van der Waals surface area contributed by atoms with Crippen molar-refractivity contribution in [3.63, 3.8) is 0 Å². The van der Waals surface area contributed by atoms with Crippen molar-refractivity contribution in [2.45, 2.75) is 5.41 Å². The predicted octanol–water partition coefficient (Wildman–Crippen LogP) is 14.5. The van der Waals surface area contributed by atoms with Gasteiger partial charge in [0.05, 0.1) is 11.1 Å². The molecular weight excluding hydrogens is 675 g/mol. The van der Waals surface area contributed by atoms with Crippen LogP contribution in [-0.4, -0.2) is 0 Å². The molecule has 10 rings (SSSR count). The van der Waals surface area contributed by atoms with Crippen LogP contribution in [0.5, 0.6) is 0 Å². The molecular formula is C55H39N. The highest BCUT2D eigenvalue weighted by atomic mass is 15.1. The molecule has 0 aliphatic heterocycles. The van der Waals surface area contributed by atoms with Gasteiger partial charge in [-0.3, -0.25) is 0 Å². The number of nitrogens with zero attached hydrogens (tertiary/aromatic N) is 1. The van der Waals surface area contributed by atoms with Crippen molar-refractivity contribution >= 4 is 17.1 Å². The van der Waals surface area contributed by atoms with Gasteiger partial charge in [-0.15, -0.1) is 0 Å². The summed E-state index contributed by atoms with van der Waals surface area (Å²) in [6.45, 7) is 0. The maximum absolute atomic E-state index is 2.43. The van der Waals surface area contributed by atoms with Gasteiger partial charge in [-0.25, -0.2) is 0 Å². The monoisotopic (exact) mass is 713 g/mol. The molecule has 1 aliphatic carbocycles. The first-order chi connectivity index (χ1) is 27.8. The Morgan fingerprint density at radius 3 is 1.38 bits per heavy atom. The lowest BCUT2D eigenvalue weighted by molar-refractivity contribution is 0.768. The third-order valence-electron chi connectivity index (χ3n) is 11.4. The molecule has 0 N–H and O–H groups in total. The summed E-state index contributed by atoms with van der Waals surface area (Å²) in [6, 6.07) is 86.2. The molecule has 56 heavy (non-hydrogen) atoms. The summed E-state index contributed by atoms with van der Waals surface area (Å²) >= 11 is 0. The highest BCUT2D eigenvalue weighted by molar-refractivity contribution is 5.90. The summed E-state index contributed by atoms with van der Waals surface area (Å²) in [4.78, 5) is 2.43. The molecule has 1 nitrogen and oxygen atoms in total. The van der Waals surface area contributed by atoms with Crippen LogP contribution in [0, 0.1) is 0 Å². The molecule has 9 aromatic rings. The van der Waals surface area contributed by atoms with Crippen LogP contribution >= 0.6 is 0 Å². The van der Waals surface area contributed by atoms with Gasteiger partial charge in [-0.1, -0.05) is 200 Å². The molecule has 1 aliphatic rings. The topological polar surface area (TPSA) is 3.24 Å². The summed E-state index contributed by atoms with van der Waals surface area (Å²) in [5, 5.41) is 0. The Morgan fingerprint density at radius 1 is 0.268 bits per heavy atom. The van der Waals surface area contributed by atoms with Crippen LogP contribution in [0.1, 0.15) is 22.3 Å². The van der Waals surface area contributed by atoms with Gasteiger partial charge in [0.25, 0.3) is 0 Å². The Morgan fingerprint density at radius 2 is 0.732 bits per heavy atom. The van der Waals surface area contributed by atoms with Crippen molar-refractivity contribution in [3.8, 4) is 44.5 Å². The Hall–Kier alpha value is -7.22. The molecule has 0 unspecified atom stereocenters. The van der Waals surface area contributed by atoms with E-state index in [1.807, 2.05) is 0 Å². The molecule has 0 heterocycles. The number of rotatable bonds is 8. The molecule has 9 aromatic carbocycles. The lowest BCUT2D eigenvalue weighted by atomic mass is 9.67. The van der Waals surface area contributed by atoms with Gasteiger partial charge >= 0.3 is 0 Å². The predicted molar refractivity (Wildman–Crippen MR) is 235 cm³/mol. The van der Waals surface area contributed by atoms with E-state index in [1.54, 1.807) is 0 Å². The molecule has 0 atom stereocenters. The number of benzene rings is 9. The van der Waals surface area contributed by atoms with Crippen LogP contribution in [0.25, 0.3) is 44.5 Å². The van der Waals surface area contributed by atoms with Crippen LogP contribution in [0.2, 0.25) is 0 Å². The fourth-order valence-corrected chi connectivity index (χ4v) is 8.86. The van der Waals surface area contributed by atoms with E-state index in [4.69, 9.17) is 0 Å². The highest BCUT2D eigenvalue weighted by Gasteiger charge is 2.46. The molecule has 0 aromatic heterocycles. The molecule has 0 amide bonds. The zero-order valence-corrected chi connectivity index (χ0v) is 31.0. The number of para-hydroxylation sites is 1. The summed E-state index contributed by atoms with van der Waals surface area (Å²) in [6.07, 6.45) is 0.